The summed E-state index contributed by atoms with van der Waals surface area (Å²) in [4.78, 5) is 25.0. The van der Waals surface area contributed by atoms with Gasteiger partial charge in [0.15, 0.2) is 11.2 Å². The average molecular weight is 558 g/mol. The van der Waals surface area contributed by atoms with Crippen LogP contribution in [0.5, 0.6) is 0 Å². The molecule has 1 saturated heterocycles. The highest BCUT2D eigenvalue weighted by Crippen LogP contribution is 2.34. The number of halogens is 1. The van der Waals surface area contributed by atoms with Gasteiger partial charge < -0.3 is 9.47 Å². The van der Waals surface area contributed by atoms with Gasteiger partial charge in [-0.2, -0.15) is 5.10 Å². The highest BCUT2D eigenvalue weighted by Gasteiger charge is 2.32. The van der Waals surface area contributed by atoms with E-state index >= 15 is 0 Å². The quantitative estimate of drug-likeness (QED) is 0.270. The third-order valence-corrected chi connectivity index (χ3v) is 8.74. The van der Waals surface area contributed by atoms with Gasteiger partial charge in [-0.25, -0.2) is 9.97 Å². The number of hydrogen-bond acceptors (Lipinski definition) is 6. The van der Waals surface area contributed by atoms with Gasteiger partial charge in [-0.1, -0.05) is 23.7 Å². The highest BCUT2D eigenvalue weighted by atomic mass is 35.5. The molecule has 5 aromatic rings. The predicted octanol–water partition coefficient (Wildman–Crippen LogP) is 6.17. The third kappa shape index (κ3) is 4.59. The van der Waals surface area contributed by atoms with Crippen LogP contribution >= 0.6 is 22.9 Å². The van der Waals surface area contributed by atoms with E-state index < -0.39 is 6.04 Å². The zero-order valence-electron chi connectivity index (χ0n) is 21.4. The van der Waals surface area contributed by atoms with Crippen LogP contribution in [0.25, 0.3) is 22.0 Å². The molecule has 1 amide bonds. The van der Waals surface area contributed by atoms with Gasteiger partial charge in [0.05, 0.1) is 22.6 Å². The number of imidazole rings is 1. The van der Waals surface area contributed by atoms with Gasteiger partial charge in [-0.3, -0.25) is 14.8 Å². The lowest BCUT2D eigenvalue weighted by molar-refractivity contribution is -0.118. The number of amides is 1. The standard InChI is InChI=1S/C29H28ClN7OS/c30-23-15-20(19-6-8-21(9-7-19)35-11-2-1-3-12-35)16-24-22(23)17-37(34-24)27(28(38)33-29-31-10-14-39-29)26-25-5-4-13-36(25)18-32-26/h6-10,14-18,27H,1-5,11-13H2,(H,31,33,38). The van der Waals surface area contributed by atoms with Gasteiger partial charge in [0.2, 0.25) is 0 Å². The Hall–Kier alpha value is -3.69. The summed E-state index contributed by atoms with van der Waals surface area (Å²) in [5.74, 6) is -0.226. The molecule has 2 aliphatic rings. The van der Waals surface area contributed by atoms with Crippen LogP contribution in [0.2, 0.25) is 5.02 Å². The summed E-state index contributed by atoms with van der Waals surface area (Å²) in [5, 5.41) is 11.6. The summed E-state index contributed by atoms with van der Waals surface area (Å²) >= 11 is 8.19. The second kappa shape index (κ2) is 10.1. The smallest absolute Gasteiger partial charge is 0.257 e. The SMILES string of the molecule is O=C(Nc1nccs1)C(c1ncn2c1CCC2)n1cc2c(Cl)cc(-c3ccc(N4CCCCC4)cc3)cc2n1. The Morgan fingerprint density at radius 3 is 2.64 bits per heavy atom. The predicted molar refractivity (Wildman–Crippen MR) is 156 cm³/mol. The number of rotatable bonds is 6. The van der Waals surface area contributed by atoms with Crippen molar-refractivity contribution >= 4 is 50.6 Å². The van der Waals surface area contributed by atoms with E-state index in [-0.39, 0.29) is 5.91 Å². The molecule has 10 heteroatoms. The maximum Gasteiger partial charge on any atom is 0.257 e. The molecule has 0 saturated carbocycles. The summed E-state index contributed by atoms with van der Waals surface area (Å²) in [6.07, 6.45) is 11.1. The molecule has 2 aliphatic heterocycles. The number of thiazole rings is 1. The van der Waals surface area contributed by atoms with Crippen molar-refractivity contribution in [2.24, 2.45) is 0 Å². The zero-order valence-corrected chi connectivity index (χ0v) is 23.0. The summed E-state index contributed by atoms with van der Waals surface area (Å²) in [5.41, 5.74) is 5.87. The van der Waals surface area contributed by atoms with E-state index in [9.17, 15) is 4.79 Å². The fourth-order valence-corrected chi connectivity index (χ4v) is 6.57. The highest BCUT2D eigenvalue weighted by molar-refractivity contribution is 7.13. The molecule has 198 valence electrons. The lowest BCUT2D eigenvalue weighted by Crippen LogP contribution is -2.29. The molecule has 0 bridgehead atoms. The maximum absolute atomic E-state index is 13.6. The number of nitrogens with zero attached hydrogens (tertiary/aromatic N) is 6. The Labute approximate surface area is 235 Å². The number of carbonyl (C=O) groups is 1. The van der Waals surface area contributed by atoms with Crippen LogP contribution in [-0.2, 0) is 17.8 Å². The molecule has 8 nitrogen and oxygen atoms in total. The number of piperidine rings is 1. The molecule has 2 aromatic carbocycles. The first-order valence-electron chi connectivity index (χ1n) is 13.4. The third-order valence-electron chi connectivity index (χ3n) is 7.74. The lowest BCUT2D eigenvalue weighted by Gasteiger charge is -2.28. The van der Waals surface area contributed by atoms with Gasteiger partial charge in [0.1, 0.15) is 0 Å². The van der Waals surface area contributed by atoms with Crippen LogP contribution in [0.3, 0.4) is 0 Å². The van der Waals surface area contributed by atoms with Gasteiger partial charge in [0.25, 0.3) is 5.91 Å². The minimum Gasteiger partial charge on any atom is -0.372 e. The Bertz CT molecular complexity index is 1630. The fourth-order valence-electron chi connectivity index (χ4n) is 5.78. The second-order valence-corrected chi connectivity index (χ2v) is 11.5. The first-order chi connectivity index (χ1) is 19.1. The van der Waals surface area contributed by atoms with Crippen molar-refractivity contribution in [2.75, 3.05) is 23.3 Å². The van der Waals surface area contributed by atoms with Crippen LogP contribution in [-0.4, -0.2) is 43.3 Å². The Kier molecular flexibility index (Phi) is 6.33. The van der Waals surface area contributed by atoms with Gasteiger partial charge in [0, 0.05) is 54.2 Å². The van der Waals surface area contributed by atoms with Crippen LogP contribution in [0, 0.1) is 0 Å². The molecule has 7 rings (SSSR count). The molecule has 1 unspecified atom stereocenters. The van der Waals surface area contributed by atoms with E-state index in [2.05, 4.69) is 49.0 Å². The first kappa shape index (κ1) is 24.4. The summed E-state index contributed by atoms with van der Waals surface area (Å²) in [6, 6.07) is 12.0. The lowest BCUT2D eigenvalue weighted by atomic mass is 10.0. The number of anilines is 2. The van der Waals surface area contributed by atoms with Crippen molar-refractivity contribution in [2.45, 2.75) is 44.7 Å². The van der Waals surface area contributed by atoms with Gasteiger partial charge in [-0.15, -0.1) is 11.3 Å². The Morgan fingerprint density at radius 1 is 1.00 bits per heavy atom. The van der Waals surface area contributed by atoms with E-state index in [1.807, 2.05) is 30.0 Å². The molecule has 39 heavy (non-hydrogen) atoms. The fraction of sp³-hybridized carbons (Fsp3) is 0.310. The summed E-state index contributed by atoms with van der Waals surface area (Å²) < 4.78 is 3.82. The first-order valence-corrected chi connectivity index (χ1v) is 14.7. The Morgan fingerprint density at radius 2 is 1.85 bits per heavy atom. The molecule has 1 N–H and O–H groups in total. The van der Waals surface area contributed by atoms with Crippen LogP contribution in [0.1, 0.15) is 43.1 Å². The van der Waals surface area contributed by atoms with Gasteiger partial charge >= 0.3 is 0 Å². The van der Waals surface area contributed by atoms with Crippen molar-refractivity contribution in [1.82, 2.24) is 24.3 Å². The summed E-state index contributed by atoms with van der Waals surface area (Å²) in [6.45, 7) is 3.15. The number of hydrogen-bond donors (Lipinski definition) is 1. The number of aryl methyl sites for hydroxylation is 1. The molecule has 0 radical (unpaired) electrons. The number of aromatic nitrogens is 5. The summed E-state index contributed by atoms with van der Waals surface area (Å²) in [7, 11) is 0. The molecule has 5 heterocycles. The minimum atomic E-state index is -0.737. The van der Waals surface area contributed by atoms with E-state index in [0.29, 0.717) is 10.2 Å². The Balaban J connectivity index is 1.25. The minimum absolute atomic E-state index is 0.226. The normalized spacial score (nSPS) is 16.0. The van der Waals surface area contributed by atoms with E-state index in [1.165, 1.54) is 36.3 Å². The molecule has 0 aliphatic carbocycles. The van der Waals surface area contributed by atoms with Crippen molar-refractivity contribution in [3.8, 4) is 11.1 Å². The zero-order chi connectivity index (χ0) is 26.3. The van der Waals surface area contributed by atoms with E-state index in [4.69, 9.17) is 16.7 Å². The molecular formula is C29H28ClN7OS. The molecule has 0 spiro atoms. The monoisotopic (exact) mass is 557 g/mol. The largest absolute Gasteiger partial charge is 0.372 e. The average Bonchev–Trinajstić information content (AvgIpc) is 3.76. The number of fused-ring (bicyclic) bond motifs is 2. The van der Waals surface area contributed by atoms with Crippen molar-refractivity contribution in [1.29, 1.82) is 0 Å². The van der Waals surface area contributed by atoms with Crippen molar-refractivity contribution in [3.63, 3.8) is 0 Å². The molecule has 1 fully saturated rings. The number of nitrogens with one attached hydrogen (secondary N) is 1. The maximum atomic E-state index is 13.6. The molecule has 3 aromatic heterocycles. The van der Waals surface area contributed by atoms with Crippen molar-refractivity contribution < 1.29 is 4.79 Å². The van der Waals surface area contributed by atoms with Crippen molar-refractivity contribution in [3.05, 3.63) is 76.9 Å². The van der Waals surface area contributed by atoms with Crippen LogP contribution in [0.4, 0.5) is 10.8 Å². The molecule has 1 atom stereocenters. The van der Waals surface area contributed by atoms with Gasteiger partial charge in [-0.05, 0) is 67.5 Å². The van der Waals surface area contributed by atoms with E-state index in [1.54, 1.807) is 10.9 Å². The van der Waals surface area contributed by atoms with Crippen LogP contribution < -0.4 is 10.2 Å². The topological polar surface area (TPSA) is 80.9 Å². The second-order valence-electron chi connectivity index (χ2n) is 10.2. The van der Waals surface area contributed by atoms with E-state index in [0.717, 1.165) is 65.9 Å². The number of carbonyl (C=O) groups excluding carboxylic acids is 1. The molecular weight excluding hydrogens is 530 g/mol. The van der Waals surface area contributed by atoms with Crippen LogP contribution in [0.15, 0.2) is 60.5 Å². The number of benzene rings is 2.